The maximum atomic E-state index is 11.8. The highest BCUT2D eigenvalue weighted by molar-refractivity contribution is 7.92. The fourth-order valence-corrected chi connectivity index (χ4v) is 6.78. The van der Waals surface area contributed by atoms with E-state index in [1.807, 2.05) is 43.5 Å². The molecule has 3 aromatic rings. The second-order valence-electron chi connectivity index (χ2n) is 10.7. The fraction of sp³-hybridized carbons (Fsp3) is 0.448. The van der Waals surface area contributed by atoms with Crippen LogP contribution >= 0.6 is 12.2 Å². The van der Waals surface area contributed by atoms with Gasteiger partial charge in [0, 0.05) is 49.5 Å². The van der Waals surface area contributed by atoms with Crippen molar-refractivity contribution in [1.82, 2.24) is 19.8 Å². The molecule has 0 saturated carbocycles. The van der Waals surface area contributed by atoms with Crippen LogP contribution < -0.4 is 14.9 Å². The lowest BCUT2D eigenvalue weighted by atomic mass is 9.96. The van der Waals surface area contributed by atoms with Crippen LogP contribution in [0.1, 0.15) is 46.7 Å². The predicted molar refractivity (Wildman–Crippen MR) is 163 cm³/mol. The van der Waals surface area contributed by atoms with E-state index in [1.165, 1.54) is 17.0 Å². The van der Waals surface area contributed by atoms with Gasteiger partial charge in [-0.2, -0.15) is 0 Å². The van der Waals surface area contributed by atoms with Crippen molar-refractivity contribution in [2.45, 2.75) is 45.8 Å². The first-order valence-corrected chi connectivity index (χ1v) is 16.0. The van der Waals surface area contributed by atoms with Crippen molar-refractivity contribution < 1.29 is 13.2 Å². The zero-order valence-corrected chi connectivity index (χ0v) is 25.2. The van der Waals surface area contributed by atoms with Crippen LogP contribution in [0.25, 0.3) is 0 Å². The molecule has 2 aromatic heterocycles. The molecule has 2 aliphatic rings. The molecule has 2 aliphatic heterocycles. The molecule has 11 heteroatoms. The molecular weight excluding hydrogens is 544 g/mol. The number of anilines is 2. The number of benzene rings is 1. The number of morpholine rings is 1. The molecule has 0 bridgehead atoms. The minimum absolute atomic E-state index is 0.130. The maximum Gasteiger partial charge on any atom is 0.229 e. The van der Waals surface area contributed by atoms with Gasteiger partial charge >= 0.3 is 0 Å². The maximum absolute atomic E-state index is 11.8. The van der Waals surface area contributed by atoms with Crippen LogP contribution in [0.15, 0.2) is 48.7 Å². The van der Waals surface area contributed by atoms with Crippen LogP contribution in [0.5, 0.6) is 0 Å². The highest BCUT2D eigenvalue weighted by Gasteiger charge is 2.42. The molecule has 2 atom stereocenters. The number of nitrogens with zero attached hydrogens (tertiary/aromatic N) is 4. The molecule has 0 amide bonds. The average Bonchev–Trinajstić information content (AvgIpc) is 3.41. The number of hydrogen-bond donors (Lipinski definition) is 2. The molecular formula is C29H38N6O3S2. The van der Waals surface area contributed by atoms with E-state index in [0.717, 1.165) is 69.0 Å². The van der Waals surface area contributed by atoms with Crippen LogP contribution in [0.2, 0.25) is 0 Å². The van der Waals surface area contributed by atoms with E-state index in [4.69, 9.17) is 17.0 Å². The Bertz CT molecular complexity index is 1470. The summed E-state index contributed by atoms with van der Waals surface area (Å²) in [6.45, 7) is 11.9. The number of sulfonamides is 1. The van der Waals surface area contributed by atoms with Gasteiger partial charge < -0.3 is 19.5 Å². The van der Waals surface area contributed by atoms with Crippen LogP contribution in [0, 0.1) is 20.8 Å². The van der Waals surface area contributed by atoms with Gasteiger partial charge in [0.05, 0.1) is 42.9 Å². The van der Waals surface area contributed by atoms with Gasteiger partial charge in [-0.15, -0.1) is 0 Å². The lowest BCUT2D eigenvalue weighted by Crippen LogP contribution is -2.37. The van der Waals surface area contributed by atoms with Crippen LogP contribution in [0.4, 0.5) is 11.4 Å². The molecule has 0 aliphatic carbocycles. The Morgan fingerprint density at radius 2 is 1.88 bits per heavy atom. The summed E-state index contributed by atoms with van der Waals surface area (Å²) in [5, 5.41) is 4.15. The summed E-state index contributed by atoms with van der Waals surface area (Å²) in [6, 6.07) is 13.6. The number of aryl methyl sites for hydroxylation is 2. The Hall–Kier alpha value is -2.99. The first kappa shape index (κ1) is 28.5. The molecule has 0 spiro atoms. The van der Waals surface area contributed by atoms with Crippen LogP contribution in [-0.4, -0.2) is 67.1 Å². The lowest BCUT2D eigenvalue weighted by molar-refractivity contribution is 0.0369. The quantitative estimate of drug-likeness (QED) is 0.365. The zero-order valence-electron chi connectivity index (χ0n) is 23.6. The van der Waals surface area contributed by atoms with Crippen LogP contribution in [0.3, 0.4) is 0 Å². The summed E-state index contributed by atoms with van der Waals surface area (Å²) in [5.41, 5.74) is 6.82. The predicted octanol–water partition coefficient (Wildman–Crippen LogP) is 4.08. The van der Waals surface area contributed by atoms with Crippen LogP contribution in [-0.2, 0) is 21.3 Å². The standard InChI is InChI=1S/C29H38N6O3S2/c1-20-18-23(9-10-25(20)32-40(4,36)37)35-28(27(31-29(35)39)26-8-5-6-11-30-26)24-19-21(2)34(22(24)3)13-7-12-33-14-16-38-17-15-33/h5-6,8-11,18-19,27-28,32H,7,12-17H2,1-4H3,(H,31,39)/t27-,28+/m0/s1. The molecule has 214 valence electrons. The average molecular weight is 583 g/mol. The van der Waals surface area contributed by atoms with Crippen molar-refractivity contribution in [2.75, 3.05) is 48.7 Å². The van der Waals surface area contributed by atoms with Crippen molar-refractivity contribution in [3.63, 3.8) is 0 Å². The van der Waals surface area contributed by atoms with Gasteiger partial charge in [-0.25, -0.2) is 8.42 Å². The summed E-state index contributed by atoms with van der Waals surface area (Å²) in [4.78, 5) is 9.30. The summed E-state index contributed by atoms with van der Waals surface area (Å²) >= 11 is 5.92. The Morgan fingerprint density at radius 1 is 1.10 bits per heavy atom. The molecule has 0 radical (unpaired) electrons. The number of ether oxygens (including phenoxy) is 1. The third kappa shape index (κ3) is 6.17. The third-order valence-electron chi connectivity index (χ3n) is 7.77. The monoisotopic (exact) mass is 582 g/mol. The van der Waals surface area contributed by atoms with E-state index in [2.05, 4.69) is 49.3 Å². The fourth-order valence-electron chi connectivity index (χ4n) is 5.81. The van der Waals surface area contributed by atoms with E-state index in [-0.39, 0.29) is 12.1 Å². The number of pyridine rings is 1. The Labute approximate surface area is 242 Å². The lowest BCUT2D eigenvalue weighted by Gasteiger charge is -2.29. The summed E-state index contributed by atoms with van der Waals surface area (Å²) in [5.74, 6) is 0. The largest absolute Gasteiger partial charge is 0.379 e. The van der Waals surface area contributed by atoms with Crippen molar-refractivity contribution in [3.05, 3.63) is 76.9 Å². The van der Waals surface area contributed by atoms with E-state index in [1.54, 1.807) is 6.07 Å². The topological polar surface area (TPSA) is 91.7 Å². The normalized spacial score (nSPS) is 20.1. The summed E-state index contributed by atoms with van der Waals surface area (Å²) < 4.78 is 34.2. The minimum Gasteiger partial charge on any atom is -0.379 e. The zero-order chi connectivity index (χ0) is 28.4. The number of nitrogens with one attached hydrogen (secondary N) is 2. The number of aromatic nitrogens is 2. The van der Waals surface area contributed by atoms with Crippen molar-refractivity contribution >= 4 is 38.7 Å². The first-order valence-electron chi connectivity index (χ1n) is 13.7. The highest BCUT2D eigenvalue weighted by Crippen LogP contribution is 2.44. The molecule has 9 nitrogen and oxygen atoms in total. The van der Waals surface area contributed by atoms with E-state index in [0.29, 0.717) is 10.8 Å². The number of hydrogen-bond acceptors (Lipinski definition) is 6. The molecule has 2 N–H and O–H groups in total. The second kappa shape index (κ2) is 11.9. The number of thiocarbonyl (C=S) groups is 1. The van der Waals surface area contributed by atoms with E-state index >= 15 is 0 Å². The summed E-state index contributed by atoms with van der Waals surface area (Å²) in [7, 11) is -3.39. The van der Waals surface area contributed by atoms with Gasteiger partial charge in [0.1, 0.15) is 0 Å². The molecule has 5 rings (SSSR count). The Morgan fingerprint density at radius 3 is 2.55 bits per heavy atom. The van der Waals surface area contributed by atoms with Gasteiger partial charge in [-0.1, -0.05) is 6.07 Å². The molecule has 40 heavy (non-hydrogen) atoms. The van der Waals surface area contributed by atoms with E-state index in [9.17, 15) is 8.42 Å². The molecule has 2 saturated heterocycles. The van der Waals surface area contributed by atoms with Crippen molar-refractivity contribution in [3.8, 4) is 0 Å². The Kier molecular flexibility index (Phi) is 8.46. The number of rotatable bonds is 9. The molecule has 4 heterocycles. The van der Waals surface area contributed by atoms with Gasteiger partial charge in [0.15, 0.2) is 5.11 Å². The van der Waals surface area contributed by atoms with Crippen molar-refractivity contribution in [2.24, 2.45) is 0 Å². The highest BCUT2D eigenvalue weighted by atomic mass is 32.2. The SMILES string of the molecule is Cc1cc(N2C(=S)N[C@@H](c3ccccn3)[C@H]2c2cc(C)n(CCCN3CCOCC3)c2C)ccc1NS(C)(=O)=O. The summed E-state index contributed by atoms with van der Waals surface area (Å²) in [6.07, 6.45) is 4.03. The van der Waals surface area contributed by atoms with Crippen molar-refractivity contribution in [1.29, 1.82) is 0 Å². The van der Waals surface area contributed by atoms with Gasteiger partial charge in [-0.3, -0.25) is 14.6 Å². The van der Waals surface area contributed by atoms with Gasteiger partial charge in [0.2, 0.25) is 10.0 Å². The smallest absolute Gasteiger partial charge is 0.229 e. The van der Waals surface area contributed by atoms with E-state index < -0.39 is 10.0 Å². The molecule has 1 aromatic carbocycles. The van der Waals surface area contributed by atoms with Gasteiger partial charge in [0.25, 0.3) is 0 Å². The Balaban J connectivity index is 1.48. The minimum atomic E-state index is -3.39. The molecule has 0 unspecified atom stereocenters. The molecule has 2 fully saturated rings. The third-order valence-corrected chi connectivity index (χ3v) is 8.68. The second-order valence-corrected chi connectivity index (χ2v) is 12.8. The first-order chi connectivity index (χ1) is 19.1. The van der Waals surface area contributed by atoms with Gasteiger partial charge in [-0.05, 0) is 86.9 Å².